The highest BCUT2D eigenvalue weighted by Crippen LogP contribution is 2.24. The lowest BCUT2D eigenvalue weighted by Gasteiger charge is -2.18. The van der Waals surface area contributed by atoms with Crippen molar-refractivity contribution in [3.05, 3.63) is 0 Å². The van der Waals surface area contributed by atoms with E-state index in [1.807, 2.05) is 20.9 Å². The van der Waals surface area contributed by atoms with Gasteiger partial charge in [0.1, 0.15) is 6.04 Å². The highest BCUT2D eigenvalue weighted by molar-refractivity contribution is 5.82. The first kappa shape index (κ1) is 15.8. The Morgan fingerprint density at radius 3 is 2.47 bits per heavy atom. The molecule has 0 aromatic carbocycles. The van der Waals surface area contributed by atoms with E-state index in [0.717, 1.165) is 6.54 Å². The molecule has 6 nitrogen and oxygen atoms in total. The predicted molar refractivity (Wildman–Crippen MR) is 73.1 cm³/mol. The number of aliphatic carboxylic acids is 1. The average Bonchev–Trinajstić information content (AvgIpc) is 3.10. The van der Waals surface area contributed by atoms with Crippen LogP contribution >= 0.6 is 0 Å². The van der Waals surface area contributed by atoms with E-state index in [4.69, 9.17) is 5.11 Å². The third kappa shape index (κ3) is 6.42. The fourth-order valence-electron chi connectivity index (χ4n) is 1.95. The first-order valence-electron chi connectivity index (χ1n) is 6.87. The molecule has 1 saturated carbocycles. The van der Waals surface area contributed by atoms with Gasteiger partial charge in [0.2, 0.25) is 0 Å². The highest BCUT2D eigenvalue weighted by Gasteiger charge is 2.25. The standard InChI is InChI=1S/C13H25N3O3/c1-9(2)8-11(12(17)18)15-13(19)14-6-7-16(3)10-4-5-10/h9-11H,4-8H2,1-3H3,(H,17,18)(H2,14,15,19)/t11-/m0/s1. The SMILES string of the molecule is CC(C)C[C@H](NC(=O)NCCN(C)C1CC1)C(=O)O. The van der Waals surface area contributed by atoms with Crippen molar-refractivity contribution in [3.8, 4) is 0 Å². The van der Waals surface area contributed by atoms with Gasteiger partial charge in [-0.15, -0.1) is 0 Å². The lowest BCUT2D eigenvalue weighted by molar-refractivity contribution is -0.139. The lowest BCUT2D eigenvalue weighted by Crippen LogP contribution is -2.48. The summed E-state index contributed by atoms with van der Waals surface area (Å²) in [5.74, 6) is -0.763. The Balaban J connectivity index is 2.21. The van der Waals surface area contributed by atoms with Crippen LogP contribution in [0.15, 0.2) is 0 Å². The van der Waals surface area contributed by atoms with E-state index in [2.05, 4.69) is 15.5 Å². The molecule has 2 amide bonds. The van der Waals surface area contributed by atoms with Crippen LogP contribution in [-0.2, 0) is 4.79 Å². The monoisotopic (exact) mass is 271 g/mol. The number of nitrogens with one attached hydrogen (secondary N) is 2. The Morgan fingerprint density at radius 2 is 2.00 bits per heavy atom. The number of rotatable bonds is 8. The van der Waals surface area contributed by atoms with Crippen molar-refractivity contribution in [2.45, 2.75) is 45.2 Å². The van der Waals surface area contributed by atoms with Crippen LogP contribution in [0.2, 0.25) is 0 Å². The van der Waals surface area contributed by atoms with Crippen LogP contribution in [0.4, 0.5) is 4.79 Å². The van der Waals surface area contributed by atoms with Crippen LogP contribution in [0.3, 0.4) is 0 Å². The second kappa shape index (κ2) is 7.33. The molecule has 0 aliphatic heterocycles. The maximum atomic E-state index is 11.6. The quantitative estimate of drug-likeness (QED) is 0.612. The summed E-state index contributed by atoms with van der Waals surface area (Å²) in [6.45, 7) is 5.19. The third-order valence-electron chi connectivity index (χ3n) is 3.23. The van der Waals surface area contributed by atoms with E-state index < -0.39 is 18.0 Å². The third-order valence-corrected chi connectivity index (χ3v) is 3.23. The van der Waals surface area contributed by atoms with Crippen LogP contribution in [0.5, 0.6) is 0 Å². The number of nitrogens with zero attached hydrogens (tertiary/aromatic N) is 1. The van der Waals surface area contributed by atoms with E-state index in [9.17, 15) is 9.59 Å². The van der Waals surface area contributed by atoms with Crippen molar-refractivity contribution in [3.63, 3.8) is 0 Å². The van der Waals surface area contributed by atoms with Gasteiger partial charge in [0.15, 0.2) is 0 Å². The molecule has 6 heteroatoms. The second-order valence-corrected chi connectivity index (χ2v) is 5.63. The topological polar surface area (TPSA) is 81.7 Å². The molecule has 1 atom stereocenters. The smallest absolute Gasteiger partial charge is 0.326 e. The second-order valence-electron chi connectivity index (χ2n) is 5.63. The zero-order valence-electron chi connectivity index (χ0n) is 12.0. The van der Waals surface area contributed by atoms with Crippen LogP contribution in [0, 0.1) is 5.92 Å². The predicted octanol–water partition coefficient (Wildman–Crippen LogP) is 0.879. The molecular formula is C13H25N3O3. The number of urea groups is 1. The summed E-state index contributed by atoms with van der Waals surface area (Å²) in [7, 11) is 2.04. The van der Waals surface area contributed by atoms with Gasteiger partial charge >= 0.3 is 12.0 Å². The molecule has 0 aromatic heterocycles. The molecule has 0 spiro atoms. The first-order chi connectivity index (χ1) is 8.90. The molecule has 1 fully saturated rings. The molecule has 0 unspecified atom stereocenters. The zero-order chi connectivity index (χ0) is 14.4. The van der Waals surface area contributed by atoms with Gasteiger partial charge in [-0.05, 0) is 32.2 Å². The number of likely N-dealkylation sites (N-methyl/N-ethyl adjacent to an activating group) is 1. The summed E-state index contributed by atoms with van der Waals surface area (Å²) in [5.41, 5.74) is 0. The van der Waals surface area contributed by atoms with Crippen molar-refractivity contribution in [1.29, 1.82) is 0 Å². The number of carboxylic acid groups (broad SMARTS) is 1. The van der Waals surface area contributed by atoms with Crippen LogP contribution < -0.4 is 10.6 Å². The molecule has 19 heavy (non-hydrogen) atoms. The molecule has 0 aromatic rings. The maximum Gasteiger partial charge on any atom is 0.326 e. The molecule has 0 radical (unpaired) electrons. The van der Waals surface area contributed by atoms with Crippen molar-refractivity contribution in [1.82, 2.24) is 15.5 Å². The number of carbonyl (C=O) groups excluding carboxylic acids is 1. The highest BCUT2D eigenvalue weighted by atomic mass is 16.4. The van der Waals surface area contributed by atoms with Gasteiger partial charge in [0.05, 0.1) is 0 Å². The largest absolute Gasteiger partial charge is 0.480 e. The Kier molecular flexibility index (Phi) is 6.08. The van der Waals surface area contributed by atoms with Crippen LogP contribution in [0.25, 0.3) is 0 Å². The van der Waals surface area contributed by atoms with Crippen LogP contribution in [0.1, 0.15) is 33.1 Å². The number of carboxylic acids is 1. The number of carbonyl (C=O) groups is 2. The fraction of sp³-hybridized carbons (Fsp3) is 0.846. The average molecular weight is 271 g/mol. The Labute approximate surface area is 114 Å². The molecule has 0 saturated heterocycles. The number of amides is 2. The Hall–Kier alpha value is -1.30. The van der Waals surface area contributed by atoms with Gasteiger partial charge in [-0.2, -0.15) is 0 Å². The molecule has 110 valence electrons. The van der Waals surface area contributed by atoms with E-state index in [1.165, 1.54) is 12.8 Å². The first-order valence-corrected chi connectivity index (χ1v) is 6.87. The minimum absolute atomic E-state index is 0.224. The normalized spacial score (nSPS) is 16.5. The number of hydrogen-bond acceptors (Lipinski definition) is 3. The Morgan fingerprint density at radius 1 is 1.37 bits per heavy atom. The van der Waals surface area contributed by atoms with Crippen LogP contribution in [-0.4, -0.2) is 54.2 Å². The van der Waals surface area contributed by atoms with Crippen molar-refractivity contribution >= 4 is 12.0 Å². The molecule has 1 aliphatic carbocycles. The lowest BCUT2D eigenvalue weighted by atomic mass is 10.0. The summed E-state index contributed by atoms with van der Waals surface area (Å²) in [6.07, 6.45) is 2.90. The van der Waals surface area contributed by atoms with Gasteiger partial charge in [-0.3, -0.25) is 0 Å². The minimum atomic E-state index is -0.987. The van der Waals surface area contributed by atoms with Gasteiger partial charge in [0.25, 0.3) is 0 Å². The number of hydrogen-bond donors (Lipinski definition) is 3. The minimum Gasteiger partial charge on any atom is -0.480 e. The Bertz CT molecular complexity index is 316. The van der Waals surface area contributed by atoms with Crippen molar-refractivity contribution < 1.29 is 14.7 Å². The summed E-state index contributed by atoms with van der Waals surface area (Å²) in [6, 6.07) is -0.559. The van der Waals surface area contributed by atoms with Gasteiger partial charge < -0.3 is 20.6 Å². The molecule has 1 rings (SSSR count). The molecule has 3 N–H and O–H groups in total. The zero-order valence-corrected chi connectivity index (χ0v) is 12.0. The fourth-order valence-corrected chi connectivity index (χ4v) is 1.95. The van der Waals surface area contributed by atoms with Crippen molar-refractivity contribution in [2.75, 3.05) is 20.1 Å². The van der Waals surface area contributed by atoms with E-state index in [0.29, 0.717) is 19.0 Å². The maximum absolute atomic E-state index is 11.6. The molecule has 1 aliphatic rings. The van der Waals surface area contributed by atoms with Gasteiger partial charge in [0, 0.05) is 19.1 Å². The van der Waals surface area contributed by atoms with Crippen molar-refractivity contribution in [2.24, 2.45) is 5.92 Å². The van der Waals surface area contributed by atoms with Gasteiger partial charge in [-0.25, -0.2) is 9.59 Å². The summed E-state index contributed by atoms with van der Waals surface area (Å²) >= 11 is 0. The van der Waals surface area contributed by atoms with E-state index in [-0.39, 0.29) is 5.92 Å². The summed E-state index contributed by atoms with van der Waals surface area (Å²) < 4.78 is 0. The summed E-state index contributed by atoms with van der Waals surface area (Å²) in [4.78, 5) is 24.8. The molecule has 0 bridgehead atoms. The summed E-state index contributed by atoms with van der Waals surface area (Å²) in [5, 5.41) is 14.2. The molecule has 0 heterocycles. The van der Waals surface area contributed by atoms with Gasteiger partial charge in [-0.1, -0.05) is 13.8 Å². The van der Waals surface area contributed by atoms with E-state index >= 15 is 0 Å². The van der Waals surface area contributed by atoms with E-state index in [1.54, 1.807) is 0 Å². The molecular weight excluding hydrogens is 246 g/mol.